The first-order valence-electron chi connectivity index (χ1n) is 4.39. The number of carbonyl (C=O) groups is 1. The van der Waals surface area contributed by atoms with E-state index in [2.05, 4.69) is 4.72 Å². The first-order valence-corrected chi connectivity index (χ1v) is 6.04. The summed E-state index contributed by atoms with van der Waals surface area (Å²) in [5.74, 6) is -0.720. The van der Waals surface area contributed by atoms with E-state index in [1.165, 1.54) is 6.92 Å². The van der Waals surface area contributed by atoms with Crippen molar-refractivity contribution < 1.29 is 13.2 Å². The van der Waals surface area contributed by atoms with Crippen LogP contribution in [0.1, 0.15) is 27.7 Å². The molecule has 0 aromatic carbocycles. The van der Waals surface area contributed by atoms with Crippen LogP contribution in [0.25, 0.3) is 0 Å². The van der Waals surface area contributed by atoms with Crippen molar-refractivity contribution in [3.63, 3.8) is 0 Å². The fraction of sp³-hybridized carbons (Fsp3) is 0.875. The molecular weight excluding hydrogens is 204 g/mol. The molecule has 0 radical (unpaired) electrons. The van der Waals surface area contributed by atoms with Crippen LogP contribution in [0.2, 0.25) is 0 Å². The van der Waals surface area contributed by atoms with Crippen LogP contribution in [-0.2, 0) is 14.8 Å². The van der Waals surface area contributed by atoms with E-state index in [0.29, 0.717) is 0 Å². The highest BCUT2D eigenvalue weighted by Gasteiger charge is 2.32. The standard InChI is InChI=1S/C8H18N2O3S/c1-5-14(12,13)10-6(7(9)11)8(2,3)4/h6,10H,5H2,1-4H3,(H2,9,11)/t6-/m1/s1. The minimum atomic E-state index is -3.40. The molecule has 1 amide bonds. The molecule has 0 fully saturated rings. The molecule has 1 atom stereocenters. The summed E-state index contributed by atoms with van der Waals surface area (Å²) in [5.41, 5.74) is 4.60. The highest BCUT2D eigenvalue weighted by atomic mass is 32.2. The van der Waals surface area contributed by atoms with E-state index in [1.807, 2.05) is 0 Å². The lowest BCUT2D eigenvalue weighted by molar-refractivity contribution is -0.121. The van der Waals surface area contributed by atoms with Crippen LogP contribution < -0.4 is 10.5 Å². The highest BCUT2D eigenvalue weighted by molar-refractivity contribution is 7.89. The summed E-state index contributed by atoms with van der Waals surface area (Å²) in [6.45, 7) is 6.75. The van der Waals surface area contributed by atoms with Crippen molar-refractivity contribution >= 4 is 15.9 Å². The Bertz CT molecular complexity index is 303. The van der Waals surface area contributed by atoms with Crippen LogP contribution in [0.15, 0.2) is 0 Å². The molecule has 0 saturated heterocycles. The normalized spacial score (nSPS) is 15.1. The molecule has 0 spiro atoms. The Kier molecular flexibility index (Phi) is 4.08. The lowest BCUT2D eigenvalue weighted by Gasteiger charge is -2.28. The zero-order valence-corrected chi connectivity index (χ0v) is 9.81. The first-order chi connectivity index (χ1) is 6.10. The maximum absolute atomic E-state index is 11.2. The molecule has 0 unspecified atom stereocenters. The molecule has 0 aromatic heterocycles. The number of nitrogens with one attached hydrogen (secondary N) is 1. The average Bonchev–Trinajstić information content (AvgIpc) is 1.98. The number of rotatable bonds is 4. The molecule has 5 nitrogen and oxygen atoms in total. The van der Waals surface area contributed by atoms with Crippen LogP contribution in [-0.4, -0.2) is 26.1 Å². The second kappa shape index (κ2) is 4.27. The molecule has 3 N–H and O–H groups in total. The molecular formula is C8H18N2O3S. The summed E-state index contributed by atoms with van der Waals surface area (Å²) >= 11 is 0. The van der Waals surface area contributed by atoms with Gasteiger partial charge in [-0.2, -0.15) is 0 Å². The number of nitrogens with two attached hydrogens (primary N) is 1. The average molecular weight is 222 g/mol. The van der Waals surface area contributed by atoms with E-state index >= 15 is 0 Å². The van der Waals surface area contributed by atoms with Crippen molar-refractivity contribution in [1.29, 1.82) is 0 Å². The van der Waals surface area contributed by atoms with Gasteiger partial charge in [-0.25, -0.2) is 13.1 Å². The lowest BCUT2D eigenvalue weighted by Crippen LogP contribution is -2.52. The molecule has 0 heterocycles. The van der Waals surface area contributed by atoms with Crippen molar-refractivity contribution in [2.24, 2.45) is 11.1 Å². The topological polar surface area (TPSA) is 89.3 Å². The zero-order chi connectivity index (χ0) is 11.6. The number of hydrogen-bond donors (Lipinski definition) is 2. The van der Waals surface area contributed by atoms with Crippen molar-refractivity contribution in [2.75, 3.05) is 5.75 Å². The maximum atomic E-state index is 11.2. The van der Waals surface area contributed by atoms with Gasteiger partial charge < -0.3 is 5.73 Å². The second-order valence-electron chi connectivity index (χ2n) is 4.22. The molecule has 6 heteroatoms. The van der Waals surface area contributed by atoms with E-state index in [1.54, 1.807) is 20.8 Å². The van der Waals surface area contributed by atoms with Gasteiger partial charge in [0.05, 0.1) is 5.75 Å². The molecule has 0 aliphatic carbocycles. The van der Waals surface area contributed by atoms with E-state index < -0.39 is 27.4 Å². The van der Waals surface area contributed by atoms with Crippen molar-refractivity contribution in [1.82, 2.24) is 4.72 Å². The van der Waals surface area contributed by atoms with Crippen LogP contribution in [0.5, 0.6) is 0 Å². The van der Waals surface area contributed by atoms with Gasteiger partial charge in [-0.05, 0) is 12.3 Å². The number of carbonyl (C=O) groups excluding carboxylic acids is 1. The Hall–Kier alpha value is -0.620. The van der Waals surface area contributed by atoms with Crippen molar-refractivity contribution in [3.8, 4) is 0 Å². The van der Waals surface area contributed by atoms with E-state index in [4.69, 9.17) is 5.73 Å². The van der Waals surface area contributed by atoms with E-state index in [-0.39, 0.29) is 5.75 Å². The predicted molar refractivity (Wildman–Crippen MR) is 55.0 cm³/mol. The molecule has 0 aliphatic heterocycles. The van der Waals surface area contributed by atoms with Gasteiger partial charge in [0.1, 0.15) is 6.04 Å². The van der Waals surface area contributed by atoms with Gasteiger partial charge in [0.2, 0.25) is 15.9 Å². The van der Waals surface area contributed by atoms with Crippen LogP contribution in [0.4, 0.5) is 0 Å². The molecule has 0 saturated carbocycles. The summed E-state index contributed by atoms with van der Waals surface area (Å²) in [7, 11) is -3.40. The fourth-order valence-electron chi connectivity index (χ4n) is 0.925. The molecule has 0 aliphatic rings. The Labute approximate surface area is 85.1 Å². The van der Waals surface area contributed by atoms with Crippen molar-refractivity contribution in [3.05, 3.63) is 0 Å². The van der Waals surface area contributed by atoms with Gasteiger partial charge in [-0.15, -0.1) is 0 Å². The zero-order valence-electron chi connectivity index (χ0n) is 8.99. The van der Waals surface area contributed by atoms with Gasteiger partial charge in [0.15, 0.2) is 0 Å². The number of amides is 1. The largest absolute Gasteiger partial charge is 0.368 e. The van der Waals surface area contributed by atoms with Gasteiger partial charge in [-0.1, -0.05) is 20.8 Å². The molecule has 0 bridgehead atoms. The Balaban J connectivity index is 4.83. The van der Waals surface area contributed by atoms with Gasteiger partial charge in [0, 0.05) is 0 Å². The van der Waals surface area contributed by atoms with Crippen LogP contribution in [0.3, 0.4) is 0 Å². The minimum absolute atomic E-state index is 0.0626. The van der Waals surface area contributed by atoms with Gasteiger partial charge in [-0.3, -0.25) is 4.79 Å². The lowest BCUT2D eigenvalue weighted by atomic mass is 9.87. The van der Waals surface area contributed by atoms with Crippen molar-refractivity contribution in [2.45, 2.75) is 33.7 Å². The Morgan fingerprint density at radius 1 is 1.43 bits per heavy atom. The molecule has 14 heavy (non-hydrogen) atoms. The SMILES string of the molecule is CCS(=O)(=O)N[C@H](C(N)=O)C(C)(C)C. The maximum Gasteiger partial charge on any atom is 0.236 e. The quantitative estimate of drug-likeness (QED) is 0.691. The predicted octanol–water partition coefficient (Wildman–Crippen LogP) is -0.174. The summed E-state index contributed by atoms with van der Waals surface area (Å²) in [6, 6.07) is -0.868. The number of hydrogen-bond acceptors (Lipinski definition) is 3. The fourth-order valence-corrected chi connectivity index (χ4v) is 1.92. The summed E-state index contributed by atoms with van der Waals surface area (Å²) in [4.78, 5) is 11.0. The number of primary amides is 1. The van der Waals surface area contributed by atoms with E-state index in [9.17, 15) is 13.2 Å². The first kappa shape index (κ1) is 13.4. The third-order valence-corrected chi connectivity index (χ3v) is 3.18. The Morgan fingerprint density at radius 3 is 2.07 bits per heavy atom. The van der Waals surface area contributed by atoms with Crippen LogP contribution in [0, 0.1) is 5.41 Å². The van der Waals surface area contributed by atoms with Gasteiger partial charge in [0.25, 0.3) is 0 Å². The Morgan fingerprint density at radius 2 is 1.86 bits per heavy atom. The monoisotopic (exact) mass is 222 g/mol. The van der Waals surface area contributed by atoms with Crippen LogP contribution >= 0.6 is 0 Å². The summed E-state index contributed by atoms with van der Waals surface area (Å²) < 4.78 is 24.8. The second-order valence-corrected chi connectivity index (χ2v) is 6.27. The third kappa shape index (κ3) is 4.06. The highest BCUT2D eigenvalue weighted by Crippen LogP contribution is 2.19. The third-order valence-electron chi connectivity index (χ3n) is 1.83. The molecule has 0 aromatic rings. The molecule has 84 valence electrons. The number of sulfonamides is 1. The minimum Gasteiger partial charge on any atom is -0.368 e. The van der Waals surface area contributed by atoms with Gasteiger partial charge >= 0.3 is 0 Å². The smallest absolute Gasteiger partial charge is 0.236 e. The molecule has 0 rings (SSSR count). The summed E-state index contributed by atoms with van der Waals surface area (Å²) in [5, 5.41) is 0. The summed E-state index contributed by atoms with van der Waals surface area (Å²) in [6.07, 6.45) is 0. The van der Waals surface area contributed by atoms with E-state index in [0.717, 1.165) is 0 Å².